The van der Waals surface area contributed by atoms with Crippen LogP contribution in [0.15, 0.2) is 76.9 Å². The number of thioether (sulfide) groups is 2. The first-order valence-corrected chi connectivity index (χ1v) is 12.3. The van der Waals surface area contributed by atoms with Crippen LogP contribution in [-0.4, -0.2) is 51.4 Å². The maximum atomic E-state index is 12.3. The normalized spacial score (nSPS) is 14.8. The Labute approximate surface area is 195 Å². The van der Waals surface area contributed by atoms with Gasteiger partial charge in [0.1, 0.15) is 0 Å². The first kappa shape index (κ1) is 22.2. The van der Waals surface area contributed by atoms with Crippen molar-refractivity contribution in [1.82, 2.24) is 14.9 Å². The molecule has 1 aliphatic heterocycles. The molecule has 0 aliphatic carbocycles. The molecule has 1 fully saturated rings. The molecule has 6 nitrogen and oxygen atoms in total. The Bertz CT molecular complexity index is 1060. The second-order valence-electron chi connectivity index (χ2n) is 6.91. The molecule has 0 bridgehead atoms. The molecule has 2 aromatic carbocycles. The highest BCUT2D eigenvalue weighted by Gasteiger charge is 2.27. The standard InChI is InChI=1S/C24H23N3O3S2/c1-2-30-21(29)15-20-27(19(28)16-32-20)13-14-31-24-25-22(17-9-5-3-6-10-17)23(26-24)18-11-7-4-8-12-18/h3-12,15H,2,13-14,16H2,1H3,(H,25,26)/b20-15+. The topological polar surface area (TPSA) is 75.3 Å². The van der Waals surface area contributed by atoms with E-state index in [1.165, 1.54) is 17.8 Å². The molecule has 0 atom stereocenters. The van der Waals surface area contributed by atoms with E-state index in [4.69, 9.17) is 9.72 Å². The molecule has 2 heterocycles. The zero-order valence-corrected chi connectivity index (χ0v) is 19.2. The second-order valence-corrected chi connectivity index (χ2v) is 8.99. The largest absolute Gasteiger partial charge is 0.463 e. The summed E-state index contributed by atoms with van der Waals surface area (Å²) < 4.78 is 4.97. The van der Waals surface area contributed by atoms with Gasteiger partial charge < -0.3 is 14.6 Å². The van der Waals surface area contributed by atoms with E-state index in [2.05, 4.69) is 17.1 Å². The molecule has 1 saturated heterocycles. The fraction of sp³-hybridized carbons (Fsp3) is 0.208. The van der Waals surface area contributed by atoms with Crippen molar-refractivity contribution < 1.29 is 14.3 Å². The lowest BCUT2D eigenvalue weighted by Crippen LogP contribution is -2.27. The number of H-pyrrole nitrogens is 1. The van der Waals surface area contributed by atoms with Crippen LogP contribution in [0.5, 0.6) is 0 Å². The van der Waals surface area contributed by atoms with Crippen molar-refractivity contribution in [3.63, 3.8) is 0 Å². The third kappa shape index (κ3) is 5.26. The molecule has 1 aliphatic rings. The van der Waals surface area contributed by atoms with Gasteiger partial charge >= 0.3 is 5.97 Å². The van der Waals surface area contributed by atoms with Crippen LogP contribution in [0.4, 0.5) is 0 Å². The lowest BCUT2D eigenvalue weighted by atomic mass is 10.1. The van der Waals surface area contributed by atoms with Crippen molar-refractivity contribution in [3.8, 4) is 22.5 Å². The first-order valence-electron chi connectivity index (χ1n) is 10.3. The van der Waals surface area contributed by atoms with E-state index < -0.39 is 5.97 Å². The Balaban J connectivity index is 1.50. The number of benzene rings is 2. The highest BCUT2D eigenvalue weighted by molar-refractivity contribution is 8.04. The van der Waals surface area contributed by atoms with E-state index in [1.54, 1.807) is 23.6 Å². The van der Waals surface area contributed by atoms with Crippen molar-refractivity contribution in [2.24, 2.45) is 0 Å². The summed E-state index contributed by atoms with van der Waals surface area (Å²) in [4.78, 5) is 34.0. The number of rotatable bonds is 8. The van der Waals surface area contributed by atoms with Gasteiger partial charge in [-0.15, -0.1) is 0 Å². The predicted octanol–water partition coefficient (Wildman–Crippen LogP) is 4.82. The van der Waals surface area contributed by atoms with Gasteiger partial charge in [-0.1, -0.05) is 84.2 Å². The fourth-order valence-electron chi connectivity index (χ4n) is 3.33. The lowest BCUT2D eigenvalue weighted by molar-refractivity contribution is -0.137. The number of ether oxygens (including phenoxy) is 1. The lowest BCUT2D eigenvalue weighted by Gasteiger charge is -2.16. The number of aromatic nitrogens is 2. The van der Waals surface area contributed by atoms with E-state index in [9.17, 15) is 9.59 Å². The minimum atomic E-state index is -0.423. The molecule has 0 saturated carbocycles. The Hall–Kier alpha value is -2.97. The zero-order chi connectivity index (χ0) is 22.3. The van der Waals surface area contributed by atoms with Gasteiger partial charge in [0.2, 0.25) is 5.91 Å². The van der Waals surface area contributed by atoms with Crippen LogP contribution >= 0.6 is 23.5 Å². The van der Waals surface area contributed by atoms with Gasteiger partial charge in [-0.05, 0) is 6.92 Å². The van der Waals surface area contributed by atoms with Crippen molar-refractivity contribution in [2.45, 2.75) is 12.1 Å². The predicted molar refractivity (Wildman–Crippen MR) is 129 cm³/mol. The molecule has 164 valence electrons. The molecular formula is C24H23N3O3S2. The van der Waals surface area contributed by atoms with Gasteiger partial charge in [-0.2, -0.15) is 0 Å². The number of nitrogens with zero attached hydrogens (tertiary/aromatic N) is 2. The highest BCUT2D eigenvalue weighted by atomic mass is 32.2. The first-order chi connectivity index (χ1) is 15.7. The summed E-state index contributed by atoms with van der Waals surface area (Å²) in [5.74, 6) is 0.559. The molecule has 4 rings (SSSR count). The number of hydrogen-bond donors (Lipinski definition) is 1. The monoisotopic (exact) mass is 465 g/mol. The minimum Gasteiger partial charge on any atom is -0.463 e. The summed E-state index contributed by atoms with van der Waals surface area (Å²) in [7, 11) is 0. The Morgan fingerprint density at radius 1 is 1.16 bits per heavy atom. The third-order valence-corrected chi connectivity index (χ3v) is 6.66. The van der Waals surface area contributed by atoms with Gasteiger partial charge in [0, 0.05) is 23.4 Å². The number of amides is 1. The number of hydrogen-bond acceptors (Lipinski definition) is 6. The smallest absolute Gasteiger partial charge is 0.333 e. The van der Waals surface area contributed by atoms with E-state index >= 15 is 0 Å². The molecule has 1 aromatic heterocycles. The molecule has 0 radical (unpaired) electrons. The van der Waals surface area contributed by atoms with Crippen LogP contribution in [-0.2, 0) is 14.3 Å². The summed E-state index contributed by atoms with van der Waals surface area (Å²) in [6, 6.07) is 20.2. The van der Waals surface area contributed by atoms with Crippen LogP contribution in [0.3, 0.4) is 0 Å². The molecular weight excluding hydrogens is 442 g/mol. The maximum absolute atomic E-state index is 12.3. The molecule has 1 N–H and O–H groups in total. The van der Waals surface area contributed by atoms with Crippen LogP contribution in [0.25, 0.3) is 22.5 Å². The molecule has 1 amide bonds. The summed E-state index contributed by atoms with van der Waals surface area (Å²) in [6.07, 6.45) is 1.40. The molecule has 32 heavy (non-hydrogen) atoms. The van der Waals surface area contributed by atoms with Gasteiger partial charge in [-0.3, -0.25) is 4.79 Å². The molecule has 8 heteroatoms. The van der Waals surface area contributed by atoms with Crippen LogP contribution in [0, 0.1) is 0 Å². The fourth-order valence-corrected chi connectivity index (χ4v) is 5.08. The number of esters is 1. The van der Waals surface area contributed by atoms with Crippen LogP contribution in [0.1, 0.15) is 6.92 Å². The Kier molecular flexibility index (Phi) is 7.34. The van der Waals surface area contributed by atoms with Crippen LogP contribution < -0.4 is 0 Å². The summed E-state index contributed by atoms with van der Waals surface area (Å²) in [5.41, 5.74) is 3.97. The van der Waals surface area contributed by atoms with Crippen molar-refractivity contribution in [1.29, 1.82) is 0 Å². The average molecular weight is 466 g/mol. The average Bonchev–Trinajstić information content (AvgIpc) is 3.39. The number of nitrogens with one attached hydrogen (secondary N) is 1. The van der Waals surface area contributed by atoms with Crippen molar-refractivity contribution in [2.75, 3.05) is 24.7 Å². The van der Waals surface area contributed by atoms with Crippen LogP contribution in [0.2, 0.25) is 0 Å². The van der Waals surface area contributed by atoms with Crippen molar-refractivity contribution in [3.05, 3.63) is 71.8 Å². The summed E-state index contributed by atoms with van der Waals surface area (Å²) in [5, 5.41) is 1.43. The number of imidazole rings is 1. The Morgan fingerprint density at radius 2 is 1.84 bits per heavy atom. The number of carbonyl (C=O) groups is 2. The van der Waals surface area contributed by atoms with Gasteiger partial charge in [0.05, 0.1) is 34.9 Å². The molecule has 0 spiro atoms. The second kappa shape index (κ2) is 10.6. The quantitative estimate of drug-likeness (QED) is 0.292. The van der Waals surface area contributed by atoms with Crippen molar-refractivity contribution >= 4 is 35.4 Å². The minimum absolute atomic E-state index is 0.000502. The van der Waals surface area contributed by atoms with E-state index in [0.29, 0.717) is 29.7 Å². The van der Waals surface area contributed by atoms with E-state index in [-0.39, 0.29) is 5.91 Å². The maximum Gasteiger partial charge on any atom is 0.333 e. The van der Waals surface area contributed by atoms with Gasteiger partial charge in [0.15, 0.2) is 5.16 Å². The van der Waals surface area contributed by atoms with Gasteiger partial charge in [0.25, 0.3) is 0 Å². The molecule has 3 aromatic rings. The summed E-state index contributed by atoms with van der Waals surface area (Å²) >= 11 is 2.92. The molecule has 0 unspecified atom stereocenters. The summed E-state index contributed by atoms with van der Waals surface area (Å²) in [6.45, 7) is 2.56. The zero-order valence-electron chi connectivity index (χ0n) is 17.6. The SMILES string of the molecule is CCOC(=O)/C=C1/SCC(=O)N1CCSc1nc(-c2ccccc2)c(-c2ccccc2)[nH]1. The Morgan fingerprint density at radius 3 is 2.53 bits per heavy atom. The van der Waals surface area contributed by atoms with Gasteiger partial charge in [-0.25, -0.2) is 9.78 Å². The number of carbonyl (C=O) groups excluding carboxylic acids is 2. The van der Waals surface area contributed by atoms with E-state index in [1.807, 2.05) is 48.5 Å². The van der Waals surface area contributed by atoms with E-state index in [0.717, 1.165) is 27.7 Å². The highest BCUT2D eigenvalue weighted by Crippen LogP contribution is 2.33. The number of aromatic amines is 1. The third-order valence-electron chi connectivity index (χ3n) is 4.78.